The maximum atomic E-state index is 12.4. The lowest BCUT2D eigenvalue weighted by Gasteiger charge is -2.12. The number of amides is 1. The molecule has 26 heavy (non-hydrogen) atoms. The van der Waals surface area contributed by atoms with Gasteiger partial charge in [0.25, 0.3) is 5.91 Å². The minimum atomic E-state index is -0.249. The number of nitrogens with zero attached hydrogens (tertiary/aromatic N) is 2. The molecule has 1 unspecified atom stereocenters. The first-order valence-corrected chi connectivity index (χ1v) is 8.65. The number of ether oxygens (including phenoxy) is 1. The average molecular weight is 354 g/mol. The van der Waals surface area contributed by atoms with E-state index < -0.39 is 0 Å². The molecular weight excluding hydrogens is 332 g/mol. The van der Waals surface area contributed by atoms with Crippen molar-refractivity contribution in [1.82, 2.24) is 15.3 Å². The third-order valence-corrected chi connectivity index (χ3v) is 4.15. The number of Topliss-reactive ketones (excluding diaryl/α,β-unsaturated/α-hetero) is 1. The van der Waals surface area contributed by atoms with Crippen LogP contribution >= 0.6 is 0 Å². The molecule has 1 aromatic heterocycles. The Morgan fingerprint density at radius 3 is 2.65 bits per heavy atom. The number of ketones is 1. The Morgan fingerprint density at radius 1 is 1.23 bits per heavy atom. The van der Waals surface area contributed by atoms with E-state index in [2.05, 4.69) is 20.6 Å². The summed E-state index contributed by atoms with van der Waals surface area (Å²) in [5.41, 5.74) is 2.37. The standard InChI is InChI=1S/C19H22N4O3/c1-12-10-17(18(25)20-11-16-4-3-9-26-16)23-19(21-12)22-15-7-5-14(6-8-15)13(2)24/h5-8,10,16H,3-4,9,11H2,1-2H3,(H,20,25)(H,21,22,23). The van der Waals surface area contributed by atoms with Gasteiger partial charge >= 0.3 is 0 Å². The van der Waals surface area contributed by atoms with Crippen molar-refractivity contribution in [2.75, 3.05) is 18.5 Å². The average Bonchev–Trinajstić information content (AvgIpc) is 3.13. The highest BCUT2D eigenvalue weighted by atomic mass is 16.5. The van der Waals surface area contributed by atoms with Crippen LogP contribution in [0.4, 0.5) is 11.6 Å². The molecule has 1 aromatic carbocycles. The molecule has 2 N–H and O–H groups in total. The van der Waals surface area contributed by atoms with Crippen molar-refractivity contribution in [3.05, 3.63) is 47.3 Å². The second-order valence-corrected chi connectivity index (χ2v) is 6.32. The second-order valence-electron chi connectivity index (χ2n) is 6.32. The van der Waals surface area contributed by atoms with E-state index >= 15 is 0 Å². The molecule has 0 bridgehead atoms. The summed E-state index contributed by atoms with van der Waals surface area (Å²) < 4.78 is 5.51. The minimum absolute atomic E-state index is 0.00792. The Morgan fingerprint density at radius 2 is 2.00 bits per heavy atom. The number of carbonyl (C=O) groups is 2. The van der Waals surface area contributed by atoms with Crippen molar-refractivity contribution in [3.63, 3.8) is 0 Å². The lowest BCUT2D eigenvalue weighted by molar-refractivity contribution is 0.0853. The highest BCUT2D eigenvalue weighted by Crippen LogP contribution is 2.16. The van der Waals surface area contributed by atoms with Gasteiger partial charge in [0.2, 0.25) is 5.95 Å². The van der Waals surface area contributed by atoms with Gasteiger partial charge in [-0.1, -0.05) is 0 Å². The zero-order valence-electron chi connectivity index (χ0n) is 14.9. The number of benzene rings is 1. The highest BCUT2D eigenvalue weighted by molar-refractivity contribution is 5.94. The van der Waals surface area contributed by atoms with Crippen molar-refractivity contribution >= 4 is 23.3 Å². The summed E-state index contributed by atoms with van der Waals surface area (Å²) >= 11 is 0. The Labute approximate surface area is 152 Å². The number of rotatable bonds is 6. The van der Waals surface area contributed by atoms with Gasteiger partial charge in [0, 0.05) is 30.1 Å². The van der Waals surface area contributed by atoms with Gasteiger partial charge in [-0.25, -0.2) is 9.97 Å². The molecule has 0 spiro atoms. The van der Waals surface area contributed by atoms with Gasteiger partial charge in [-0.2, -0.15) is 0 Å². The number of aryl methyl sites for hydroxylation is 1. The van der Waals surface area contributed by atoms with E-state index in [0.717, 1.165) is 25.1 Å². The Kier molecular flexibility index (Phi) is 5.58. The monoisotopic (exact) mass is 354 g/mol. The molecule has 7 nitrogen and oxygen atoms in total. The molecule has 0 radical (unpaired) electrons. The van der Waals surface area contributed by atoms with Gasteiger partial charge in [-0.05, 0) is 57.0 Å². The van der Waals surface area contributed by atoms with E-state index in [9.17, 15) is 9.59 Å². The van der Waals surface area contributed by atoms with Gasteiger partial charge < -0.3 is 15.4 Å². The van der Waals surface area contributed by atoms with Crippen molar-refractivity contribution in [2.45, 2.75) is 32.8 Å². The predicted octanol–water partition coefficient (Wildman–Crippen LogP) is 2.64. The van der Waals surface area contributed by atoms with Gasteiger partial charge in [0.15, 0.2) is 5.78 Å². The summed E-state index contributed by atoms with van der Waals surface area (Å²) in [6, 6.07) is 8.67. The third kappa shape index (κ3) is 4.64. The van der Waals surface area contributed by atoms with E-state index in [1.807, 2.05) is 6.92 Å². The van der Waals surface area contributed by atoms with Crippen LogP contribution in [-0.4, -0.2) is 40.9 Å². The number of aromatic nitrogens is 2. The number of carbonyl (C=O) groups excluding carboxylic acids is 2. The van der Waals surface area contributed by atoms with Crippen molar-refractivity contribution in [1.29, 1.82) is 0 Å². The Bertz CT molecular complexity index is 799. The molecule has 1 atom stereocenters. The summed E-state index contributed by atoms with van der Waals surface area (Å²) in [6.07, 6.45) is 2.08. The van der Waals surface area contributed by atoms with E-state index in [1.54, 1.807) is 30.3 Å². The first-order chi connectivity index (χ1) is 12.5. The number of anilines is 2. The predicted molar refractivity (Wildman–Crippen MR) is 97.8 cm³/mol. The molecule has 7 heteroatoms. The molecule has 136 valence electrons. The zero-order chi connectivity index (χ0) is 18.5. The third-order valence-electron chi connectivity index (χ3n) is 4.15. The fraction of sp³-hybridized carbons (Fsp3) is 0.368. The highest BCUT2D eigenvalue weighted by Gasteiger charge is 2.17. The maximum Gasteiger partial charge on any atom is 0.270 e. The lowest BCUT2D eigenvalue weighted by Crippen LogP contribution is -2.32. The lowest BCUT2D eigenvalue weighted by atomic mass is 10.1. The number of hydrogen-bond donors (Lipinski definition) is 2. The van der Waals surface area contributed by atoms with Crippen molar-refractivity contribution in [2.24, 2.45) is 0 Å². The van der Waals surface area contributed by atoms with Crippen molar-refractivity contribution in [3.8, 4) is 0 Å². The van der Waals surface area contributed by atoms with Gasteiger partial charge in [0.1, 0.15) is 5.69 Å². The zero-order valence-corrected chi connectivity index (χ0v) is 14.9. The molecule has 1 amide bonds. The molecular formula is C19H22N4O3. The van der Waals surface area contributed by atoms with Crippen LogP contribution in [0.1, 0.15) is 46.3 Å². The minimum Gasteiger partial charge on any atom is -0.376 e. The first kappa shape index (κ1) is 18.0. The Balaban J connectivity index is 1.68. The van der Waals surface area contributed by atoms with E-state index in [0.29, 0.717) is 29.4 Å². The molecule has 3 rings (SSSR count). The van der Waals surface area contributed by atoms with Crippen LogP contribution < -0.4 is 10.6 Å². The smallest absolute Gasteiger partial charge is 0.270 e. The van der Waals surface area contributed by atoms with Gasteiger partial charge in [-0.15, -0.1) is 0 Å². The normalized spacial score (nSPS) is 16.3. The van der Waals surface area contributed by atoms with Crippen LogP contribution in [0, 0.1) is 6.92 Å². The molecule has 1 aliphatic rings. The van der Waals surface area contributed by atoms with E-state index in [1.165, 1.54) is 6.92 Å². The summed E-state index contributed by atoms with van der Waals surface area (Å²) in [7, 11) is 0. The van der Waals surface area contributed by atoms with Crippen molar-refractivity contribution < 1.29 is 14.3 Å². The van der Waals surface area contributed by atoms with Gasteiger partial charge in [0.05, 0.1) is 6.10 Å². The molecule has 2 aromatic rings. The largest absolute Gasteiger partial charge is 0.376 e. The second kappa shape index (κ2) is 8.05. The van der Waals surface area contributed by atoms with Crippen LogP contribution in [-0.2, 0) is 4.74 Å². The molecule has 1 saturated heterocycles. The number of hydrogen-bond acceptors (Lipinski definition) is 6. The van der Waals surface area contributed by atoms with E-state index in [4.69, 9.17) is 4.74 Å². The van der Waals surface area contributed by atoms with Crippen LogP contribution in [0.5, 0.6) is 0 Å². The maximum absolute atomic E-state index is 12.4. The molecule has 1 fully saturated rings. The summed E-state index contributed by atoms with van der Waals surface area (Å²) in [5, 5.41) is 5.92. The quantitative estimate of drug-likeness (QED) is 0.775. The summed E-state index contributed by atoms with van der Waals surface area (Å²) in [6.45, 7) is 4.57. The van der Waals surface area contributed by atoms with Gasteiger partial charge in [-0.3, -0.25) is 9.59 Å². The fourth-order valence-corrected chi connectivity index (χ4v) is 2.76. The molecule has 1 aliphatic heterocycles. The molecule has 2 heterocycles. The number of nitrogens with one attached hydrogen (secondary N) is 2. The first-order valence-electron chi connectivity index (χ1n) is 8.65. The van der Waals surface area contributed by atoms with E-state index in [-0.39, 0.29) is 17.8 Å². The summed E-state index contributed by atoms with van der Waals surface area (Å²) in [5.74, 6) is 0.0948. The topological polar surface area (TPSA) is 93.2 Å². The fourth-order valence-electron chi connectivity index (χ4n) is 2.76. The molecule has 0 aliphatic carbocycles. The SMILES string of the molecule is CC(=O)c1ccc(Nc2nc(C)cc(C(=O)NCC3CCCO3)n2)cc1. The summed E-state index contributed by atoms with van der Waals surface area (Å²) in [4.78, 5) is 32.3. The Hall–Kier alpha value is -2.80. The van der Waals surface area contributed by atoms with Crippen LogP contribution in [0.15, 0.2) is 30.3 Å². The van der Waals surface area contributed by atoms with Crippen LogP contribution in [0.3, 0.4) is 0 Å². The van der Waals surface area contributed by atoms with Crippen LogP contribution in [0.25, 0.3) is 0 Å². The molecule has 0 saturated carbocycles. The van der Waals surface area contributed by atoms with Crippen LogP contribution in [0.2, 0.25) is 0 Å².